The van der Waals surface area contributed by atoms with Gasteiger partial charge in [0, 0.05) is 25.5 Å². The Hall–Kier alpha value is -0.500. The molecule has 7 heteroatoms. The number of aromatic nitrogens is 1. The lowest BCUT2D eigenvalue weighted by atomic mass is 10.2. The van der Waals surface area contributed by atoms with Crippen LogP contribution < -0.4 is 4.72 Å². The second-order valence-electron chi connectivity index (χ2n) is 4.74. The first-order valence-electron chi connectivity index (χ1n) is 6.76. The molecule has 1 rings (SSSR count). The highest BCUT2D eigenvalue weighted by atomic mass is 32.2. The van der Waals surface area contributed by atoms with Gasteiger partial charge in [-0.1, -0.05) is 12.8 Å². The number of hydrogen-bond donors (Lipinski definition) is 2. The van der Waals surface area contributed by atoms with Crippen molar-refractivity contribution in [3.05, 3.63) is 18.0 Å². The van der Waals surface area contributed by atoms with Gasteiger partial charge in [-0.2, -0.15) is 11.8 Å². The summed E-state index contributed by atoms with van der Waals surface area (Å²) in [4.78, 5) is 0.214. The van der Waals surface area contributed by atoms with E-state index in [1.54, 1.807) is 11.6 Å². The molecule has 0 aromatic carbocycles. The average molecular weight is 320 g/mol. The summed E-state index contributed by atoms with van der Waals surface area (Å²) >= 11 is 1.84. The molecule has 20 heavy (non-hydrogen) atoms. The molecule has 0 unspecified atom stereocenters. The van der Waals surface area contributed by atoms with Gasteiger partial charge in [0.25, 0.3) is 0 Å². The van der Waals surface area contributed by atoms with Gasteiger partial charge in [0.1, 0.15) is 0 Å². The van der Waals surface area contributed by atoms with Crippen molar-refractivity contribution in [2.75, 3.05) is 18.6 Å². The summed E-state index contributed by atoms with van der Waals surface area (Å²) in [7, 11) is -1.74. The van der Waals surface area contributed by atoms with E-state index in [2.05, 4.69) is 11.0 Å². The van der Waals surface area contributed by atoms with Crippen LogP contribution in [0.25, 0.3) is 0 Å². The van der Waals surface area contributed by atoms with Crippen LogP contribution in [0.2, 0.25) is 0 Å². The van der Waals surface area contributed by atoms with Crippen molar-refractivity contribution in [2.24, 2.45) is 7.05 Å². The number of unbranched alkanes of at least 4 members (excludes halogenated alkanes) is 3. The molecule has 0 saturated heterocycles. The number of aliphatic hydroxyl groups excluding tert-OH is 1. The Bertz CT molecular complexity index is 498. The first-order valence-corrected chi connectivity index (χ1v) is 9.63. The molecule has 0 fully saturated rings. The van der Waals surface area contributed by atoms with Crippen LogP contribution in [0.4, 0.5) is 0 Å². The Morgan fingerprint density at radius 2 is 2.00 bits per heavy atom. The van der Waals surface area contributed by atoms with Gasteiger partial charge < -0.3 is 9.67 Å². The normalized spacial score (nSPS) is 11.9. The standard InChI is InChI=1S/C13H24N2O3S2/c1-15-10-13(9-12(15)11-16)20(17,18)14-7-5-3-4-6-8-19-2/h9-10,14,16H,3-8,11H2,1-2H3. The summed E-state index contributed by atoms with van der Waals surface area (Å²) in [5.41, 5.74) is 0.586. The number of rotatable bonds is 10. The topological polar surface area (TPSA) is 71.3 Å². The van der Waals surface area contributed by atoms with Crippen LogP contribution >= 0.6 is 11.8 Å². The zero-order valence-corrected chi connectivity index (χ0v) is 13.8. The van der Waals surface area contributed by atoms with Crippen molar-refractivity contribution >= 4 is 21.8 Å². The van der Waals surface area contributed by atoms with E-state index in [1.807, 2.05) is 11.8 Å². The SMILES string of the molecule is CSCCCCCCNS(=O)(=O)c1cc(CO)n(C)c1. The van der Waals surface area contributed by atoms with E-state index in [-0.39, 0.29) is 11.5 Å². The minimum absolute atomic E-state index is 0.165. The quantitative estimate of drug-likeness (QED) is 0.644. The summed E-state index contributed by atoms with van der Waals surface area (Å²) in [6.45, 7) is 0.298. The Morgan fingerprint density at radius 3 is 2.60 bits per heavy atom. The summed E-state index contributed by atoms with van der Waals surface area (Å²) < 4.78 is 28.3. The van der Waals surface area contributed by atoms with Crippen LogP contribution in [0.15, 0.2) is 17.2 Å². The van der Waals surface area contributed by atoms with Crippen molar-refractivity contribution in [3.8, 4) is 0 Å². The van der Waals surface area contributed by atoms with Crippen LogP contribution in [-0.2, 0) is 23.7 Å². The number of hydrogen-bond acceptors (Lipinski definition) is 4. The molecule has 116 valence electrons. The van der Waals surface area contributed by atoms with Gasteiger partial charge in [-0.3, -0.25) is 0 Å². The van der Waals surface area contributed by atoms with Crippen molar-refractivity contribution < 1.29 is 13.5 Å². The zero-order chi connectivity index (χ0) is 15.0. The van der Waals surface area contributed by atoms with Crippen LogP contribution in [0.3, 0.4) is 0 Å². The van der Waals surface area contributed by atoms with Gasteiger partial charge >= 0.3 is 0 Å². The summed E-state index contributed by atoms with van der Waals surface area (Å²) in [5.74, 6) is 1.17. The fourth-order valence-corrected chi connectivity index (χ4v) is 3.56. The maximum atomic E-state index is 12.0. The average Bonchev–Trinajstić information content (AvgIpc) is 2.80. The predicted molar refractivity (Wildman–Crippen MR) is 83.4 cm³/mol. The van der Waals surface area contributed by atoms with Gasteiger partial charge in [0.05, 0.1) is 11.5 Å². The molecule has 0 atom stereocenters. The molecular weight excluding hydrogens is 296 g/mol. The third-order valence-electron chi connectivity index (χ3n) is 3.12. The molecule has 0 radical (unpaired) electrons. The highest BCUT2D eigenvalue weighted by Crippen LogP contribution is 2.13. The lowest BCUT2D eigenvalue weighted by molar-refractivity contribution is 0.272. The monoisotopic (exact) mass is 320 g/mol. The molecular formula is C13H24N2O3S2. The first-order chi connectivity index (χ1) is 9.51. The number of aryl methyl sites for hydroxylation is 1. The molecule has 1 aromatic heterocycles. The smallest absolute Gasteiger partial charge is 0.242 e. The van der Waals surface area contributed by atoms with Gasteiger partial charge in [0.2, 0.25) is 10.0 Å². The molecule has 0 aliphatic rings. The Balaban J connectivity index is 2.38. The Labute approximate surface area is 125 Å². The minimum Gasteiger partial charge on any atom is -0.390 e. The molecule has 0 aliphatic heterocycles. The maximum Gasteiger partial charge on any atom is 0.242 e. The summed E-state index contributed by atoms with van der Waals surface area (Å²) in [5, 5.41) is 9.08. The fourth-order valence-electron chi connectivity index (χ4n) is 1.90. The number of aliphatic hydroxyl groups is 1. The third kappa shape index (κ3) is 5.47. The second kappa shape index (κ2) is 8.71. The van der Waals surface area contributed by atoms with E-state index in [0.29, 0.717) is 12.2 Å². The van der Waals surface area contributed by atoms with E-state index in [4.69, 9.17) is 5.11 Å². The van der Waals surface area contributed by atoms with Crippen molar-refractivity contribution in [1.29, 1.82) is 0 Å². The third-order valence-corrected chi connectivity index (χ3v) is 5.25. The zero-order valence-electron chi connectivity index (χ0n) is 12.1. The van der Waals surface area contributed by atoms with E-state index in [1.165, 1.54) is 24.4 Å². The van der Waals surface area contributed by atoms with Crippen molar-refractivity contribution in [2.45, 2.75) is 37.2 Å². The molecule has 1 heterocycles. The number of nitrogens with one attached hydrogen (secondary N) is 1. The molecule has 0 saturated carbocycles. The molecule has 2 N–H and O–H groups in total. The molecule has 0 bridgehead atoms. The fraction of sp³-hybridized carbons (Fsp3) is 0.692. The van der Waals surface area contributed by atoms with Gasteiger partial charge in [-0.25, -0.2) is 13.1 Å². The van der Waals surface area contributed by atoms with Crippen LogP contribution in [0.1, 0.15) is 31.4 Å². The minimum atomic E-state index is -3.46. The second-order valence-corrected chi connectivity index (χ2v) is 7.49. The van der Waals surface area contributed by atoms with Crippen LogP contribution in [0, 0.1) is 0 Å². The van der Waals surface area contributed by atoms with Crippen molar-refractivity contribution in [1.82, 2.24) is 9.29 Å². The Kier molecular flexibility index (Phi) is 7.65. The van der Waals surface area contributed by atoms with E-state index < -0.39 is 10.0 Å². The van der Waals surface area contributed by atoms with Gasteiger partial charge in [-0.05, 0) is 30.9 Å². The van der Waals surface area contributed by atoms with Crippen molar-refractivity contribution in [3.63, 3.8) is 0 Å². The van der Waals surface area contributed by atoms with E-state index >= 15 is 0 Å². The van der Waals surface area contributed by atoms with Crippen LogP contribution in [-0.4, -0.2) is 36.6 Å². The largest absolute Gasteiger partial charge is 0.390 e. The molecule has 0 spiro atoms. The van der Waals surface area contributed by atoms with E-state index in [9.17, 15) is 8.42 Å². The molecule has 5 nitrogen and oxygen atoms in total. The number of thioether (sulfide) groups is 1. The maximum absolute atomic E-state index is 12.0. The summed E-state index contributed by atoms with van der Waals surface area (Å²) in [6, 6.07) is 1.50. The van der Waals surface area contributed by atoms with Gasteiger partial charge in [-0.15, -0.1) is 0 Å². The number of sulfonamides is 1. The highest BCUT2D eigenvalue weighted by Gasteiger charge is 2.16. The lowest BCUT2D eigenvalue weighted by Crippen LogP contribution is -2.24. The Morgan fingerprint density at radius 1 is 1.30 bits per heavy atom. The van der Waals surface area contributed by atoms with Crippen LogP contribution in [0.5, 0.6) is 0 Å². The number of nitrogens with zero attached hydrogens (tertiary/aromatic N) is 1. The molecule has 0 amide bonds. The van der Waals surface area contributed by atoms with Gasteiger partial charge in [0.15, 0.2) is 0 Å². The van der Waals surface area contributed by atoms with E-state index in [0.717, 1.165) is 19.3 Å². The lowest BCUT2D eigenvalue weighted by Gasteiger charge is -2.04. The first kappa shape index (κ1) is 17.6. The molecule has 0 aliphatic carbocycles. The summed E-state index contributed by atoms with van der Waals surface area (Å²) in [6.07, 6.45) is 7.84. The highest BCUT2D eigenvalue weighted by molar-refractivity contribution is 7.98. The molecule has 1 aromatic rings. The predicted octanol–water partition coefficient (Wildman–Crippen LogP) is 1.72.